The molecule has 21 heavy (non-hydrogen) atoms. The summed E-state index contributed by atoms with van der Waals surface area (Å²) in [5, 5.41) is 0. The predicted molar refractivity (Wildman–Crippen MR) is 82.8 cm³/mol. The molecular formula is C13H18N2O4S2. The van der Waals surface area contributed by atoms with Crippen molar-refractivity contribution in [3.8, 4) is 0 Å². The molecule has 3 N–H and O–H groups in total. The maximum atomic E-state index is 12.2. The van der Waals surface area contributed by atoms with Gasteiger partial charge in [-0.05, 0) is 24.6 Å². The molecule has 0 radical (unpaired) electrons. The van der Waals surface area contributed by atoms with E-state index in [-0.39, 0.29) is 22.5 Å². The quantitative estimate of drug-likeness (QED) is 0.756. The van der Waals surface area contributed by atoms with E-state index in [1.807, 2.05) is 0 Å². The Morgan fingerprint density at radius 2 is 2.24 bits per heavy atom. The van der Waals surface area contributed by atoms with Crippen molar-refractivity contribution in [3.05, 3.63) is 29.3 Å². The van der Waals surface area contributed by atoms with Gasteiger partial charge in [-0.2, -0.15) is 0 Å². The van der Waals surface area contributed by atoms with Crippen molar-refractivity contribution in [2.75, 3.05) is 26.4 Å². The Balaban J connectivity index is 2.08. The third-order valence-electron chi connectivity index (χ3n) is 3.16. The van der Waals surface area contributed by atoms with E-state index in [1.165, 1.54) is 6.07 Å². The largest absolute Gasteiger partial charge is 0.389 e. The molecule has 8 heteroatoms. The number of thiocarbonyl (C=S) groups is 1. The van der Waals surface area contributed by atoms with Gasteiger partial charge in [0.2, 0.25) is 10.0 Å². The molecule has 6 nitrogen and oxygen atoms in total. The first-order chi connectivity index (χ1) is 9.90. The normalized spacial score (nSPS) is 19.4. The fourth-order valence-corrected chi connectivity index (χ4v) is 3.40. The lowest BCUT2D eigenvalue weighted by Crippen LogP contribution is -2.39. The Bertz CT molecular complexity index is 625. The van der Waals surface area contributed by atoms with Gasteiger partial charge in [0.25, 0.3) is 0 Å². The van der Waals surface area contributed by atoms with Gasteiger partial charge in [-0.15, -0.1) is 0 Å². The van der Waals surface area contributed by atoms with Crippen molar-refractivity contribution in [3.63, 3.8) is 0 Å². The van der Waals surface area contributed by atoms with Crippen molar-refractivity contribution < 1.29 is 17.9 Å². The summed E-state index contributed by atoms with van der Waals surface area (Å²) in [4.78, 5) is 0.425. The van der Waals surface area contributed by atoms with Crippen molar-refractivity contribution in [1.82, 2.24) is 4.72 Å². The minimum absolute atomic E-state index is 0.178. The van der Waals surface area contributed by atoms with E-state index >= 15 is 0 Å². The molecule has 1 atom stereocenters. The van der Waals surface area contributed by atoms with Crippen LogP contribution in [0.1, 0.15) is 11.1 Å². The molecule has 1 aromatic rings. The van der Waals surface area contributed by atoms with Gasteiger partial charge >= 0.3 is 0 Å². The molecule has 1 aliphatic rings. The van der Waals surface area contributed by atoms with E-state index in [1.54, 1.807) is 19.1 Å². The minimum atomic E-state index is -3.59. The number of benzene rings is 1. The fraction of sp³-hybridized carbons (Fsp3) is 0.462. The maximum Gasteiger partial charge on any atom is 0.240 e. The number of hydrogen-bond acceptors (Lipinski definition) is 5. The number of nitrogens with one attached hydrogen (secondary N) is 1. The van der Waals surface area contributed by atoms with Crippen LogP contribution >= 0.6 is 12.2 Å². The molecule has 0 saturated carbocycles. The van der Waals surface area contributed by atoms with E-state index in [4.69, 9.17) is 27.4 Å². The monoisotopic (exact) mass is 330 g/mol. The second-order valence-electron chi connectivity index (χ2n) is 4.76. The zero-order valence-corrected chi connectivity index (χ0v) is 13.3. The average Bonchev–Trinajstić information content (AvgIpc) is 2.46. The van der Waals surface area contributed by atoms with Crippen molar-refractivity contribution >= 4 is 27.2 Å². The van der Waals surface area contributed by atoms with Crippen LogP contribution in [0.2, 0.25) is 0 Å². The molecule has 1 fully saturated rings. The summed E-state index contributed by atoms with van der Waals surface area (Å²) in [5.41, 5.74) is 6.96. The summed E-state index contributed by atoms with van der Waals surface area (Å²) in [5.74, 6) is 0. The number of rotatable bonds is 5. The van der Waals surface area contributed by atoms with Crippen molar-refractivity contribution in [2.24, 2.45) is 5.73 Å². The summed E-state index contributed by atoms with van der Waals surface area (Å²) in [7, 11) is -3.59. The number of hydrogen-bond donors (Lipinski definition) is 2. The Hall–Kier alpha value is -1.06. The SMILES string of the molecule is Cc1cc(S(=O)(=O)NCC2COCCO2)ccc1C(N)=S. The van der Waals surface area contributed by atoms with Gasteiger partial charge in [-0.3, -0.25) is 0 Å². The number of aryl methyl sites for hydroxylation is 1. The van der Waals surface area contributed by atoms with Gasteiger partial charge in [0.15, 0.2) is 0 Å². The number of sulfonamides is 1. The van der Waals surface area contributed by atoms with Gasteiger partial charge in [0.1, 0.15) is 4.99 Å². The van der Waals surface area contributed by atoms with E-state index in [0.29, 0.717) is 25.4 Å². The second kappa shape index (κ2) is 6.80. The topological polar surface area (TPSA) is 90.7 Å². The van der Waals surface area contributed by atoms with E-state index in [0.717, 1.165) is 5.56 Å². The highest BCUT2D eigenvalue weighted by Gasteiger charge is 2.20. The Kier molecular flexibility index (Phi) is 5.28. The van der Waals surface area contributed by atoms with Crippen molar-refractivity contribution in [2.45, 2.75) is 17.9 Å². The van der Waals surface area contributed by atoms with E-state index in [2.05, 4.69) is 4.72 Å². The molecule has 0 aliphatic carbocycles. The molecule has 0 aromatic heterocycles. The highest BCUT2D eigenvalue weighted by Crippen LogP contribution is 2.15. The van der Waals surface area contributed by atoms with Crippen LogP contribution in [0.4, 0.5) is 0 Å². The lowest BCUT2D eigenvalue weighted by molar-refractivity contribution is -0.0846. The predicted octanol–water partition coefficient (Wildman–Crippen LogP) is 0.323. The molecule has 1 unspecified atom stereocenters. The maximum absolute atomic E-state index is 12.2. The Morgan fingerprint density at radius 3 is 2.81 bits per heavy atom. The molecule has 2 rings (SSSR count). The Morgan fingerprint density at radius 1 is 1.48 bits per heavy atom. The first kappa shape index (κ1) is 16.3. The first-order valence-electron chi connectivity index (χ1n) is 6.49. The molecule has 0 spiro atoms. The van der Waals surface area contributed by atoms with E-state index in [9.17, 15) is 8.42 Å². The lowest BCUT2D eigenvalue weighted by Gasteiger charge is -2.23. The van der Waals surface area contributed by atoms with Gasteiger partial charge < -0.3 is 15.2 Å². The molecule has 1 saturated heterocycles. The van der Waals surface area contributed by atoms with Gasteiger partial charge in [-0.25, -0.2) is 13.1 Å². The molecule has 1 aliphatic heterocycles. The third-order valence-corrected chi connectivity index (χ3v) is 4.80. The smallest absolute Gasteiger partial charge is 0.240 e. The zero-order chi connectivity index (χ0) is 15.5. The molecule has 1 heterocycles. The van der Waals surface area contributed by atoms with Crippen LogP contribution in [-0.4, -0.2) is 45.9 Å². The van der Waals surface area contributed by atoms with Crippen LogP contribution in [0.25, 0.3) is 0 Å². The molecule has 116 valence electrons. The average molecular weight is 330 g/mol. The molecule has 0 amide bonds. The summed E-state index contributed by atoms with van der Waals surface area (Å²) in [6.07, 6.45) is -0.259. The molecule has 0 bridgehead atoms. The van der Waals surface area contributed by atoms with Crippen LogP contribution in [0.5, 0.6) is 0 Å². The summed E-state index contributed by atoms with van der Waals surface area (Å²) in [6, 6.07) is 4.66. The van der Waals surface area contributed by atoms with E-state index < -0.39 is 10.0 Å². The van der Waals surface area contributed by atoms with Crippen LogP contribution in [0.15, 0.2) is 23.1 Å². The first-order valence-corrected chi connectivity index (χ1v) is 8.39. The standard InChI is InChI=1S/C13H18N2O4S2/c1-9-6-11(2-3-12(9)13(14)20)21(16,17)15-7-10-8-18-4-5-19-10/h2-3,6,10,15H,4-5,7-8H2,1H3,(H2,14,20). The van der Waals surface area contributed by atoms with Crippen LogP contribution < -0.4 is 10.5 Å². The third kappa shape index (κ3) is 4.21. The van der Waals surface area contributed by atoms with Crippen LogP contribution in [0.3, 0.4) is 0 Å². The minimum Gasteiger partial charge on any atom is -0.389 e. The van der Waals surface area contributed by atoms with Gasteiger partial charge in [0.05, 0.1) is 30.8 Å². The highest BCUT2D eigenvalue weighted by atomic mass is 32.2. The van der Waals surface area contributed by atoms with Crippen LogP contribution in [0, 0.1) is 6.92 Å². The van der Waals surface area contributed by atoms with Crippen molar-refractivity contribution in [1.29, 1.82) is 0 Å². The second-order valence-corrected chi connectivity index (χ2v) is 6.97. The van der Waals surface area contributed by atoms with Crippen LogP contribution in [-0.2, 0) is 19.5 Å². The van der Waals surface area contributed by atoms with Gasteiger partial charge in [-0.1, -0.05) is 18.3 Å². The summed E-state index contributed by atoms with van der Waals surface area (Å²) in [6.45, 7) is 3.36. The number of nitrogens with two attached hydrogens (primary N) is 1. The fourth-order valence-electron chi connectivity index (χ4n) is 2.02. The zero-order valence-electron chi connectivity index (χ0n) is 11.7. The van der Waals surface area contributed by atoms with Gasteiger partial charge in [0, 0.05) is 12.1 Å². The molecular weight excluding hydrogens is 312 g/mol. The summed E-state index contributed by atoms with van der Waals surface area (Å²) < 4.78 is 37.6. The highest BCUT2D eigenvalue weighted by molar-refractivity contribution is 7.89. The molecule has 1 aromatic carbocycles. The lowest BCUT2D eigenvalue weighted by atomic mass is 10.1. The summed E-state index contributed by atoms with van der Waals surface area (Å²) >= 11 is 4.91. The number of ether oxygens (including phenoxy) is 2. The Labute approximate surface area is 129 Å².